The van der Waals surface area contributed by atoms with E-state index in [-0.39, 0.29) is 17.2 Å². The lowest BCUT2D eigenvalue weighted by Crippen LogP contribution is -2.24. The predicted molar refractivity (Wildman–Crippen MR) is 155 cm³/mol. The molecule has 0 aliphatic rings. The van der Waals surface area contributed by atoms with E-state index in [4.69, 9.17) is 19.2 Å². The maximum absolute atomic E-state index is 13.8. The van der Waals surface area contributed by atoms with Crippen molar-refractivity contribution in [1.29, 1.82) is 0 Å². The highest BCUT2D eigenvalue weighted by Gasteiger charge is 2.20. The van der Waals surface area contributed by atoms with Gasteiger partial charge in [0.05, 0.1) is 30.8 Å². The van der Waals surface area contributed by atoms with Crippen molar-refractivity contribution in [2.75, 3.05) is 13.7 Å². The number of methoxy groups -OCH3 is 1. The van der Waals surface area contributed by atoms with Crippen molar-refractivity contribution in [3.63, 3.8) is 0 Å². The van der Waals surface area contributed by atoms with Crippen molar-refractivity contribution in [3.8, 4) is 28.6 Å². The maximum atomic E-state index is 13.8. The highest BCUT2D eigenvalue weighted by molar-refractivity contribution is 5.86. The third kappa shape index (κ3) is 5.68. The Hall–Kier alpha value is -4.66. The zero-order valence-corrected chi connectivity index (χ0v) is 23.5. The molecule has 0 bridgehead atoms. The summed E-state index contributed by atoms with van der Waals surface area (Å²) >= 11 is 0. The summed E-state index contributed by atoms with van der Waals surface area (Å²) in [5.74, 6) is 0.738. The number of aliphatic carboxylic acids is 1. The molecule has 0 aliphatic heterocycles. The smallest absolute Gasteiger partial charge is 0.344 e. The van der Waals surface area contributed by atoms with Gasteiger partial charge in [0.25, 0.3) is 5.56 Å². The maximum Gasteiger partial charge on any atom is 0.344 e. The standard InChI is InChI=1S/C31H33N3O6/c1-7-39-27-15-19(4)24(16-23(27)18(2)3)29-33-25-13-9-8-12-22(25)30(35)34(29)32-17-21-11-10-14-26(38-6)28(21)40-20(5)31(36)37/h8-18,20H,7H2,1-6H3,(H,36,37)/t20-/m1/s1. The molecule has 0 amide bonds. The molecule has 4 rings (SSSR count). The SMILES string of the molecule is CCOc1cc(C)c(-c2nc3ccccc3c(=O)n2N=Cc2cccc(OC)c2O[C@H](C)C(=O)O)cc1C(C)C. The fourth-order valence-electron chi connectivity index (χ4n) is 4.34. The number of nitrogens with zero attached hydrogens (tertiary/aromatic N) is 3. The molecule has 3 aromatic carbocycles. The van der Waals surface area contributed by atoms with Crippen molar-refractivity contribution in [1.82, 2.24) is 9.66 Å². The number of hydrogen-bond donors (Lipinski definition) is 1. The number of aromatic nitrogens is 2. The average molecular weight is 544 g/mol. The Balaban J connectivity index is 1.95. The molecule has 1 heterocycles. The molecule has 1 N–H and O–H groups in total. The van der Waals surface area contributed by atoms with Crippen molar-refractivity contribution in [3.05, 3.63) is 81.6 Å². The summed E-state index contributed by atoms with van der Waals surface area (Å²) < 4.78 is 18.3. The second-order valence-corrected chi connectivity index (χ2v) is 9.58. The zero-order chi connectivity index (χ0) is 29.0. The van der Waals surface area contributed by atoms with E-state index >= 15 is 0 Å². The van der Waals surface area contributed by atoms with Gasteiger partial charge in [0.2, 0.25) is 0 Å². The lowest BCUT2D eigenvalue weighted by Gasteiger charge is -2.18. The van der Waals surface area contributed by atoms with Crippen molar-refractivity contribution in [2.24, 2.45) is 5.10 Å². The third-order valence-electron chi connectivity index (χ3n) is 6.46. The van der Waals surface area contributed by atoms with Crippen LogP contribution in [0.5, 0.6) is 17.2 Å². The van der Waals surface area contributed by atoms with Crippen LogP contribution < -0.4 is 19.8 Å². The fourth-order valence-corrected chi connectivity index (χ4v) is 4.34. The molecule has 0 saturated heterocycles. The fraction of sp³-hybridized carbons (Fsp3) is 0.290. The molecule has 9 nitrogen and oxygen atoms in total. The molecule has 1 atom stereocenters. The van der Waals surface area contributed by atoms with Crippen LogP contribution in [0.25, 0.3) is 22.3 Å². The quantitative estimate of drug-likeness (QED) is 0.258. The van der Waals surface area contributed by atoms with Gasteiger partial charge < -0.3 is 19.3 Å². The minimum atomic E-state index is -1.13. The van der Waals surface area contributed by atoms with Crippen LogP contribution in [0, 0.1) is 6.92 Å². The van der Waals surface area contributed by atoms with Gasteiger partial charge in [-0.1, -0.05) is 32.0 Å². The van der Waals surface area contributed by atoms with Crippen LogP contribution in [0.1, 0.15) is 50.3 Å². The van der Waals surface area contributed by atoms with Gasteiger partial charge in [-0.05, 0) is 74.2 Å². The molecule has 9 heteroatoms. The molecular formula is C31H33N3O6. The summed E-state index contributed by atoms with van der Waals surface area (Å²) in [7, 11) is 1.46. The van der Waals surface area contributed by atoms with Crippen molar-refractivity contribution in [2.45, 2.75) is 46.6 Å². The minimum Gasteiger partial charge on any atom is -0.494 e. The van der Waals surface area contributed by atoms with Gasteiger partial charge >= 0.3 is 5.97 Å². The molecule has 40 heavy (non-hydrogen) atoms. The topological polar surface area (TPSA) is 112 Å². The average Bonchev–Trinajstić information content (AvgIpc) is 2.93. The molecule has 208 valence electrons. The van der Waals surface area contributed by atoms with Crippen molar-refractivity contribution >= 4 is 23.1 Å². The Morgan fingerprint density at radius 3 is 2.52 bits per heavy atom. The summed E-state index contributed by atoms with van der Waals surface area (Å²) in [6, 6.07) is 16.2. The van der Waals surface area contributed by atoms with Gasteiger partial charge in [-0.15, -0.1) is 0 Å². The molecule has 0 radical (unpaired) electrons. The number of carboxylic acid groups (broad SMARTS) is 1. The first-order valence-electron chi connectivity index (χ1n) is 13.1. The van der Waals surface area contributed by atoms with Crippen molar-refractivity contribution < 1.29 is 24.1 Å². The Morgan fingerprint density at radius 2 is 1.85 bits per heavy atom. The highest BCUT2D eigenvalue weighted by Crippen LogP contribution is 2.35. The van der Waals surface area contributed by atoms with E-state index in [1.165, 1.54) is 24.9 Å². The number of hydrogen-bond acceptors (Lipinski definition) is 7. The minimum absolute atomic E-state index is 0.165. The van der Waals surface area contributed by atoms with Crippen LogP contribution in [0.15, 0.2) is 64.5 Å². The lowest BCUT2D eigenvalue weighted by molar-refractivity contribution is -0.144. The van der Waals surface area contributed by atoms with Crippen LogP contribution in [0.2, 0.25) is 0 Å². The summed E-state index contributed by atoms with van der Waals surface area (Å²) in [6.07, 6.45) is 0.311. The third-order valence-corrected chi connectivity index (χ3v) is 6.46. The van der Waals surface area contributed by atoms with E-state index < -0.39 is 12.1 Å². The first-order valence-corrected chi connectivity index (χ1v) is 13.1. The van der Waals surface area contributed by atoms with Gasteiger partial charge in [-0.2, -0.15) is 9.78 Å². The van der Waals surface area contributed by atoms with Crippen LogP contribution in [0.3, 0.4) is 0 Å². The number of benzene rings is 3. The van der Waals surface area contributed by atoms with Gasteiger partial charge in [0.1, 0.15) is 5.75 Å². The monoisotopic (exact) mass is 543 g/mol. The summed E-state index contributed by atoms with van der Waals surface area (Å²) in [5.41, 5.74) is 3.25. The normalized spacial score (nSPS) is 12.2. The van der Waals surface area contributed by atoms with Crippen LogP contribution >= 0.6 is 0 Å². The van der Waals surface area contributed by atoms with Gasteiger partial charge in [-0.3, -0.25) is 4.79 Å². The zero-order valence-electron chi connectivity index (χ0n) is 23.5. The molecule has 0 unspecified atom stereocenters. The van der Waals surface area contributed by atoms with E-state index in [2.05, 4.69) is 18.9 Å². The Bertz CT molecular complexity index is 1640. The predicted octanol–water partition coefficient (Wildman–Crippen LogP) is 5.64. The molecule has 0 aliphatic carbocycles. The Morgan fingerprint density at radius 1 is 1.10 bits per heavy atom. The first-order chi connectivity index (χ1) is 19.2. The highest BCUT2D eigenvalue weighted by atomic mass is 16.5. The molecular weight excluding hydrogens is 510 g/mol. The lowest BCUT2D eigenvalue weighted by atomic mass is 9.96. The van der Waals surface area contributed by atoms with Crippen LogP contribution in [-0.4, -0.2) is 46.8 Å². The van der Waals surface area contributed by atoms with Crippen LogP contribution in [0.4, 0.5) is 0 Å². The van der Waals surface area contributed by atoms with Gasteiger partial charge in [0, 0.05) is 11.1 Å². The van der Waals surface area contributed by atoms with E-state index in [1.807, 2.05) is 32.0 Å². The number of ether oxygens (including phenoxy) is 3. The number of aryl methyl sites for hydroxylation is 1. The number of carbonyl (C=O) groups is 1. The summed E-state index contributed by atoms with van der Waals surface area (Å²) in [6.45, 7) is 10.0. The summed E-state index contributed by atoms with van der Waals surface area (Å²) in [4.78, 5) is 30.1. The molecule has 0 saturated carbocycles. The second-order valence-electron chi connectivity index (χ2n) is 9.58. The number of carboxylic acids is 1. The van der Waals surface area contributed by atoms with Crippen LogP contribution in [-0.2, 0) is 4.79 Å². The summed E-state index contributed by atoms with van der Waals surface area (Å²) in [5, 5.41) is 14.4. The number of rotatable bonds is 10. The van der Waals surface area contributed by atoms with Gasteiger partial charge in [0.15, 0.2) is 23.4 Å². The Labute approximate surface area is 232 Å². The van der Waals surface area contributed by atoms with E-state index in [0.29, 0.717) is 34.6 Å². The van der Waals surface area contributed by atoms with E-state index in [0.717, 1.165) is 22.4 Å². The van der Waals surface area contributed by atoms with E-state index in [1.54, 1.807) is 36.4 Å². The van der Waals surface area contributed by atoms with Gasteiger partial charge in [-0.25, -0.2) is 9.78 Å². The number of para-hydroxylation sites is 2. The molecule has 4 aromatic rings. The number of fused-ring (bicyclic) bond motifs is 1. The largest absolute Gasteiger partial charge is 0.494 e. The Kier molecular flexibility index (Phi) is 8.52. The second kappa shape index (κ2) is 12.0. The molecule has 0 fully saturated rings. The first kappa shape index (κ1) is 28.4. The molecule has 0 spiro atoms. The molecule has 1 aromatic heterocycles. The van der Waals surface area contributed by atoms with E-state index in [9.17, 15) is 14.7 Å².